The molecule has 1 unspecified atom stereocenters. The van der Waals surface area contributed by atoms with E-state index in [0.717, 1.165) is 16.7 Å². The highest BCUT2D eigenvalue weighted by Gasteiger charge is 2.14. The fraction of sp³-hybridized carbons (Fsp3) is 0.294. The van der Waals surface area contributed by atoms with Gasteiger partial charge < -0.3 is 0 Å². The fourth-order valence-corrected chi connectivity index (χ4v) is 2.56. The van der Waals surface area contributed by atoms with Crippen LogP contribution in [0.2, 0.25) is 0 Å². The number of hydrogen-bond acceptors (Lipinski definition) is 2. The highest BCUT2D eigenvalue weighted by Crippen LogP contribution is 2.24. The number of nitrogens with one attached hydrogen (secondary N) is 1. The molecule has 1 atom stereocenters. The lowest BCUT2D eigenvalue weighted by Gasteiger charge is -2.20. The minimum Gasteiger partial charge on any atom is -0.271 e. The van der Waals surface area contributed by atoms with E-state index in [1.54, 1.807) is 12.1 Å². The van der Waals surface area contributed by atoms with Gasteiger partial charge in [-0.3, -0.25) is 11.3 Å². The van der Waals surface area contributed by atoms with Crippen LogP contribution < -0.4 is 11.3 Å². The molecule has 2 nitrogen and oxygen atoms in total. The van der Waals surface area contributed by atoms with E-state index in [2.05, 4.69) is 37.5 Å². The summed E-state index contributed by atoms with van der Waals surface area (Å²) in [6, 6.07) is 11.2. The summed E-state index contributed by atoms with van der Waals surface area (Å²) >= 11 is 0. The average molecular weight is 272 g/mol. The van der Waals surface area contributed by atoms with Crippen LogP contribution in [0.4, 0.5) is 4.39 Å². The number of hydrazine groups is 1. The first-order valence-corrected chi connectivity index (χ1v) is 6.79. The largest absolute Gasteiger partial charge is 0.271 e. The molecule has 0 amide bonds. The Kier molecular flexibility index (Phi) is 4.53. The van der Waals surface area contributed by atoms with Gasteiger partial charge in [-0.05, 0) is 61.6 Å². The van der Waals surface area contributed by atoms with Crippen molar-refractivity contribution in [3.05, 3.63) is 70.0 Å². The van der Waals surface area contributed by atoms with Crippen LogP contribution in [0, 0.1) is 26.6 Å². The molecule has 0 heterocycles. The normalized spacial score (nSPS) is 12.4. The minimum atomic E-state index is -0.206. The van der Waals surface area contributed by atoms with Crippen LogP contribution in [-0.4, -0.2) is 0 Å². The monoisotopic (exact) mass is 272 g/mol. The van der Waals surface area contributed by atoms with Crippen LogP contribution in [0.25, 0.3) is 0 Å². The summed E-state index contributed by atoms with van der Waals surface area (Å²) in [6.07, 6.45) is 0.671. The van der Waals surface area contributed by atoms with Gasteiger partial charge in [0, 0.05) is 0 Å². The molecule has 2 rings (SSSR count). The molecule has 0 aliphatic heterocycles. The van der Waals surface area contributed by atoms with Crippen molar-refractivity contribution in [1.29, 1.82) is 0 Å². The van der Waals surface area contributed by atoms with Gasteiger partial charge in [-0.15, -0.1) is 0 Å². The topological polar surface area (TPSA) is 38.0 Å². The van der Waals surface area contributed by atoms with Gasteiger partial charge in [-0.1, -0.05) is 29.8 Å². The zero-order chi connectivity index (χ0) is 14.7. The smallest absolute Gasteiger partial charge is 0.123 e. The molecule has 0 aliphatic rings. The molecule has 0 aromatic heterocycles. The molecule has 2 aromatic carbocycles. The van der Waals surface area contributed by atoms with E-state index < -0.39 is 0 Å². The van der Waals surface area contributed by atoms with Gasteiger partial charge in [-0.2, -0.15) is 0 Å². The molecule has 106 valence electrons. The van der Waals surface area contributed by atoms with Crippen molar-refractivity contribution in [2.24, 2.45) is 5.84 Å². The van der Waals surface area contributed by atoms with Gasteiger partial charge in [0.25, 0.3) is 0 Å². The van der Waals surface area contributed by atoms with Crippen molar-refractivity contribution in [2.75, 3.05) is 0 Å². The molecule has 2 aromatic rings. The molecular weight excluding hydrogens is 251 g/mol. The van der Waals surface area contributed by atoms with E-state index in [1.807, 2.05) is 6.92 Å². The molecule has 0 saturated carbocycles. The Labute approximate surface area is 119 Å². The van der Waals surface area contributed by atoms with E-state index in [0.29, 0.717) is 6.42 Å². The van der Waals surface area contributed by atoms with Crippen LogP contribution in [0.1, 0.15) is 33.9 Å². The zero-order valence-electron chi connectivity index (χ0n) is 12.2. The molecule has 3 heteroatoms. The van der Waals surface area contributed by atoms with Gasteiger partial charge in [0.15, 0.2) is 0 Å². The summed E-state index contributed by atoms with van der Waals surface area (Å²) in [7, 11) is 0. The van der Waals surface area contributed by atoms with Gasteiger partial charge in [0.2, 0.25) is 0 Å². The lowest BCUT2D eigenvalue weighted by Crippen LogP contribution is -2.30. The van der Waals surface area contributed by atoms with E-state index in [4.69, 9.17) is 5.84 Å². The third-order valence-electron chi connectivity index (χ3n) is 3.74. The Bertz CT molecular complexity index is 608. The lowest BCUT2D eigenvalue weighted by molar-refractivity contribution is 0.545. The maximum atomic E-state index is 13.4. The predicted molar refractivity (Wildman–Crippen MR) is 80.8 cm³/mol. The van der Waals surface area contributed by atoms with Gasteiger partial charge in [0.1, 0.15) is 5.82 Å². The molecule has 0 radical (unpaired) electrons. The van der Waals surface area contributed by atoms with E-state index >= 15 is 0 Å². The molecule has 20 heavy (non-hydrogen) atoms. The Balaban J connectivity index is 2.31. The highest BCUT2D eigenvalue weighted by atomic mass is 19.1. The molecule has 0 saturated heterocycles. The molecule has 0 fully saturated rings. The van der Waals surface area contributed by atoms with E-state index in [-0.39, 0.29) is 11.9 Å². The minimum absolute atomic E-state index is 0.0175. The number of aryl methyl sites for hydroxylation is 3. The van der Waals surface area contributed by atoms with Gasteiger partial charge in [0.05, 0.1) is 6.04 Å². The summed E-state index contributed by atoms with van der Waals surface area (Å²) in [6.45, 7) is 6.13. The molecular formula is C17H21FN2. The second-order valence-electron chi connectivity index (χ2n) is 5.35. The van der Waals surface area contributed by atoms with Gasteiger partial charge in [-0.25, -0.2) is 4.39 Å². The Hall–Kier alpha value is -1.71. The first-order chi connectivity index (χ1) is 9.51. The first kappa shape index (κ1) is 14.7. The van der Waals surface area contributed by atoms with Crippen molar-refractivity contribution in [3.63, 3.8) is 0 Å². The summed E-state index contributed by atoms with van der Waals surface area (Å²) in [5.74, 6) is 5.50. The lowest BCUT2D eigenvalue weighted by atomic mass is 9.93. The number of rotatable bonds is 4. The van der Waals surface area contributed by atoms with Crippen LogP contribution >= 0.6 is 0 Å². The summed E-state index contributed by atoms with van der Waals surface area (Å²) in [5.41, 5.74) is 8.49. The Morgan fingerprint density at radius 2 is 1.80 bits per heavy atom. The maximum Gasteiger partial charge on any atom is 0.123 e. The van der Waals surface area contributed by atoms with Crippen molar-refractivity contribution < 1.29 is 4.39 Å². The molecule has 0 bridgehead atoms. The summed E-state index contributed by atoms with van der Waals surface area (Å²) < 4.78 is 13.4. The van der Waals surface area contributed by atoms with Crippen LogP contribution in [0.5, 0.6) is 0 Å². The maximum absolute atomic E-state index is 13.4. The van der Waals surface area contributed by atoms with Crippen LogP contribution in [0.3, 0.4) is 0 Å². The number of hydrogen-bond donors (Lipinski definition) is 2. The summed E-state index contributed by atoms with van der Waals surface area (Å²) in [5, 5.41) is 0. The van der Waals surface area contributed by atoms with Crippen molar-refractivity contribution in [2.45, 2.75) is 33.2 Å². The SMILES string of the molecule is Cc1ccc(C(Cc2cc(F)ccc2C)NN)c(C)c1. The van der Waals surface area contributed by atoms with E-state index in [1.165, 1.54) is 17.2 Å². The fourth-order valence-electron chi connectivity index (χ4n) is 2.56. The first-order valence-electron chi connectivity index (χ1n) is 6.79. The van der Waals surface area contributed by atoms with Crippen LogP contribution in [0.15, 0.2) is 36.4 Å². The molecule has 3 N–H and O–H groups in total. The third-order valence-corrected chi connectivity index (χ3v) is 3.74. The number of benzene rings is 2. The van der Waals surface area contributed by atoms with Crippen LogP contribution in [-0.2, 0) is 6.42 Å². The second-order valence-corrected chi connectivity index (χ2v) is 5.35. The molecule has 0 aliphatic carbocycles. The highest BCUT2D eigenvalue weighted by molar-refractivity contribution is 5.35. The summed E-state index contributed by atoms with van der Waals surface area (Å²) in [4.78, 5) is 0. The zero-order valence-corrected chi connectivity index (χ0v) is 12.2. The standard InChI is InChI=1S/C17H21FN2/c1-11-4-7-16(13(3)8-11)17(20-19)10-14-9-15(18)6-5-12(14)2/h4-9,17,20H,10,19H2,1-3H3. The van der Waals surface area contributed by atoms with Crippen molar-refractivity contribution in [1.82, 2.24) is 5.43 Å². The van der Waals surface area contributed by atoms with E-state index in [9.17, 15) is 4.39 Å². The number of halogens is 1. The third kappa shape index (κ3) is 3.24. The molecule has 0 spiro atoms. The van der Waals surface area contributed by atoms with Gasteiger partial charge >= 0.3 is 0 Å². The Morgan fingerprint density at radius 1 is 1.05 bits per heavy atom. The van der Waals surface area contributed by atoms with Crippen molar-refractivity contribution in [3.8, 4) is 0 Å². The second kappa shape index (κ2) is 6.16. The quantitative estimate of drug-likeness (QED) is 0.660. The Morgan fingerprint density at radius 3 is 2.45 bits per heavy atom. The average Bonchev–Trinajstić information content (AvgIpc) is 2.40. The van der Waals surface area contributed by atoms with Crippen molar-refractivity contribution >= 4 is 0 Å². The number of nitrogens with two attached hydrogens (primary N) is 1. The predicted octanol–water partition coefficient (Wildman–Crippen LogP) is 3.50.